The summed E-state index contributed by atoms with van der Waals surface area (Å²) in [6, 6.07) is 7.44. The average molecular weight is 374 g/mol. The van der Waals surface area contributed by atoms with Crippen LogP contribution in [0.1, 0.15) is 28.5 Å². The molecule has 0 unspecified atom stereocenters. The molecule has 0 bridgehead atoms. The lowest BCUT2D eigenvalue weighted by Crippen LogP contribution is -2.46. The third-order valence-electron chi connectivity index (χ3n) is 4.66. The highest BCUT2D eigenvalue weighted by Gasteiger charge is 2.19. The summed E-state index contributed by atoms with van der Waals surface area (Å²) < 4.78 is 0. The summed E-state index contributed by atoms with van der Waals surface area (Å²) in [7, 11) is 0. The monoisotopic (exact) mass is 373 g/mol. The number of hydrogen-bond donors (Lipinski definition) is 1. The Balaban J connectivity index is 1.62. The highest BCUT2D eigenvalue weighted by atomic mass is 35.5. The van der Waals surface area contributed by atoms with Crippen LogP contribution >= 0.6 is 11.6 Å². The maximum atomic E-state index is 12.4. The highest BCUT2D eigenvalue weighted by molar-refractivity contribution is 6.30. The molecule has 1 fully saturated rings. The number of aryl methyl sites for hydroxylation is 1. The lowest BCUT2D eigenvalue weighted by Gasteiger charge is -2.34. The Labute approximate surface area is 159 Å². The summed E-state index contributed by atoms with van der Waals surface area (Å²) in [5.41, 5.74) is 2.15. The van der Waals surface area contributed by atoms with Crippen molar-refractivity contribution in [2.24, 2.45) is 0 Å². The minimum atomic E-state index is -0.176. The second-order valence-electron chi connectivity index (χ2n) is 6.40. The molecule has 6 nitrogen and oxygen atoms in total. The van der Waals surface area contributed by atoms with Crippen LogP contribution in [0.15, 0.2) is 30.5 Å². The van der Waals surface area contributed by atoms with E-state index in [2.05, 4.69) is 32.0 Å². The molecule has 1 aromatic carbocycles. The van der Waals surface area contributed by atoms with Gasteiger partial charge in [0.15, 0.2) is 0 Å². The predicted octanol–water partition coefficient (Wildman–Crippen LogP) is 2.51. The first-order valence-corrected chi connectivity index (χ1v) is 9.28. The van der Waals surface area contributed by atoms with E-state index in [9.17, 15) is 4.79 Å². The van der Waals surface area contributed by atoms with Gasteiger partial charge in [0.25, 0.3) is 5.91 Å². The molecular weight excluding hydrogens is 350 g/mol. The van der Waals surface area contributed by atoms with E-state index in [-0.39, 0.29) is 5.91 Å². The molecule has 1 aromatic heterocycles. The van der Waals surface area contributed by atoms with Crippen molar-refractivity contribution in [2.45, 2.75) is 20.4 Å². The van der Waals surface area contributed by atoms with Crippen LogP contribution in [0.3, 0.4) is 0 Å². The summed E-state index contributed by atoms with van der Waals surface area (Å²) >= 11 is 5.97. The van der Waals surface area contributed by atoms with Crippen LogP contribution in [-0.4, -0.2) is 53.5 Å². The zero-order valence-electron chi connectivity index (χ0n) is 15.2. The van der Waals surface area contributed by atoms with E-state index in [0.29, 0.717) is 28.8 Å². The maximum Gasteiger partial charge on any atom is 0.254 e. The standard InChI is InChI=1S/C19H24ClN5O/c1-3-24-7-9-25(10-8-24)19-22-13-17(14(2)23-19)18(26)21-12-15-5-4-6-16(20)11-15/h4-6,11,13H,3,7-10,12H2,1-2H3,(H,21,26). The highest BCUT2D eigenvalue weighted by Crippen LogP contribution is 2.14. The van der Waals surface area contributed by atoms with E-state index >= 15 is 0 Å². The maximum absolute atomic E-state index is 12.4. The summed E-state index contributed by atoms with van der Waals surface area (Å²) in [6.07, 6.45) is 1.62. The van der Waals surface area contributed by atoms with Crippen LogP contribution in [0.4, 0.5) is 5.95 Å². The number of aromatic nitrogens is 2. The molecule has 3 rings (SSSR count). The number of anilines is 1. The molecule has 1 amide bonds. The van der Waals surface area contributed by atoms with Gasteiger partial charge in [-0.1, -0.05) is 30.7 Å². The quantitative estimate of drug-likeness (QED) is 0.872. The van der Waals surface area contributed by atoms with Gasteiger partial charge in [-0.05, 0) is 31.2 Å². The van der Waals surface area contributed by atoms with Crippen molar-refractivity contribution in [3.8, 4) is 0 Å². The minimum absolute atomic E-state index is 0.176. The molecule has 26 heavy (non-hydrogen) atoms. The Morgan fingerprint density at radius 1 is 1.27 bits per heavy atom. The Kier molecular flexibility index (Phi) is 6.06. The van der Waals surface area contributed by atoms with Crippen molar-refractivity contribution in [1.29, 1.82) is 0 Å². The molecule has 0 saturated carbocycles. The van der Waals surface area contributed by atoms with Crippen molar-refractivity contribution >= 4 is 23.5 Å². The van der Waals surface area contributed by atoms with Crippen LogP contribution in [0, 0.1) is 6.92 Å². The Morgan fingerprint density at radius 3 is 2.69 bits per heavy atom. The van der Waals surface area contributed by atoms with E-state index < -0.39 is 0 Å². The summed E-state index contributed by atoms with van der Waals surface area (Å²) in [5, 5.41) is 3.55. The van der Waals surface area contributed by atoms with E-state index in [4.69, 9.17) is 11.6 Å². The van der Waals surface area contributed by atoms with Gasteiger partial charge in [0.1, 0.15) is 0 Å². The molecule has 0 spiro atoms. The fourth-order valence-corrected chi connectivity index (χ4v) is 3.23. The molecule has 1 N–H and O–H groups in total. The van der Waals surface area contributed by atoms with Crippen molar-refractivity contribution < 1.29 is 4.79 Å². The number of amides is 1. The molecule has 2 heterocycles. The predicted molar refractivity (Wildman–Crippen MR) is 104 cm³/mol. The topological polar surface area (TPSA) is 61.4 Å². The molecule has 138 valence electrons. The second-order valence-corrected chi connectivity index (χ2v) is 6.84. The summed E-state index contributed by atoms with van der Waals surface area (Å²) in [4.78, 5) is 26.0. The number of likely N-dealkylation sites (N-methyl/N-ethyl adjacent to an activating group) is 1. The third-order valence-corrected chi connectivity index (χ3v) is 4.89. The van der Waals surface area contributed by atoms with Crippen LogP contribution < -0.4 is 10.2 Å². The van der Waals surface area contributed by atoms with Gasteiger partial charge in [-0.25, -0.2) is 9.97 Å². The van der Waals surface area contributed by atoms with E-state index in [1.165, 1.54) is 0 Å². The van der Waals surface area contributed by atoms with Gasteiger partial charge >= 0.3 is 0 Å². The SMILES string of the molecule is CCN1CCN(c2ncc(C(=O)NCc3cccc(Cl)c3)c(C)n2)CC1. The molecular formula is C19H24ClN5O. The number of halogens is 1. The first-order chi connectivity index (χ1) is 12.6. The number of benzene rings is 1. The Hall–Kier alpha value is -2.18. The molecule has 0 radical (unpaired) electrons. The first kappa shape index (κ1) is 18.6. The van der Waals surface area contributed by atoms with Crippen LogP contribution in [0.5, 0.6) is 0 Å². The van der Waals surface area contributed by atoms with Crippen molar-refractivity contribution in [3.05, 3.63) is 52.3 Å². The number of carbonyl (C=O) groups is 1. The molecule has 1 aliphatic heterocycles. The molecule has 0 aliphatic carbocycles. The Bertz CT molecular complexity index is 774. The van der Waals surface area contributed by atoms with Gasteiger partial charge in [0.05, 0.1) is 11.3 Å². The van der Waals surface area contributed by atoms with E-state index in [1.807, 2.05) is 31.2 Å². The number of hydrogen-bond acceptors (Lipinski definition) is 5. The largest absolute Gasteiger partial charge is 0.348 e. The molecule has 0 atom stereocenters. The Morgan fingerprint density at radius 2 is 2.04 bits per heavy atom. The van der Waals surface area contributed by atoms with Gasteiger partial charge in [0.2, 0.25) is 5.95 Å². The normalized spacial score (nSPS) is 15.1. The summed E-state index contributed by atoms with van der Waals surface area (Å²) in [5.74, 6) is 0.523. The third kappa shape index (κ3) is 4.51. The molecule has 1 saturated heterocycles. The van der Waals surface area contributed by atoms with Gasteiger partial charge in [-0.2, -0.15) is 0 Å². The summed E-state index contributed by atoms with van der Waals surface area (Å²) in [6.45, 7) is 9.36. The number of nitrogens with one attached hydrogen (secondary N) is 1. The number of piperazine rings is 1. The fourth-order valence-electron chi connectivity index (χ4n) is 3.02. The van der Waals surface area contributed by atoms with Crippen molar-refractivity contribution in [1.82, 2.24) is 20.2 Å². The van der Waals surface area contributed by atoms with Gasteiger partial charge in [-0.3, -0.25) is 4.79 Å². The smallest absolute Gasteiger partial charge is 0.254 e. The number of carbonyl (C=O) groups excluding carboxylic acids is 1. The lowest BCUT2D eigenvalue weighted by molar-refractivity contribution is 0.0949. The van der Waals surface area contributed by atoms with Crippen molar-refractivity contribution in [2.75, 3.05) is 37.6 Å². The molecule has 7 heteroatoms. The van der Waals surface area contributed by atoms with E-state index in [0.717, 1.165) is 38.3 Å². The number of nitrogens with zero attached hydrogens (tertiary/aromatic N) is 4. The van der Waals surface area contributed by atoms with Crippen molar-refractivity contribution in [3.63, 3.8) is 0 Å². The van der Waals surface area contributed by atoms with Crippen LogP contribution in [0.2, 0.25) is 5.02 Å². The first-order valence-electron chi connectivity index (χ1n) is 8.90. The average Bonchev–Trinajstić information content (AvgIpc) is 2.66. The molecule has 2 aromatic rings. The van der Waals surface area contributed by atoms with Gasteiger partial charge in [-0.15, -0.1) is 0 Å². The van der Waals surface area contributed by atoms with E-state index in [1.54, 1.807) is 6.20 Å². The number of rotatable bonds is 5. The zero-order chi connectivity index (χ0) is 18.5. The van der Waals surface area contributed by atoms with Gasteiger partial charge < -0.3 is 15.1 Å². The van der Waals surface area contributed by atoms with Gasteiger partial charge in [0, 0.05) is 43.9 Å². The minimum Gasteiger partial charge on any atom is -0.348 e. The lowest BCUT2D eigenvalue weighted by atomic mass is 10.2. The fraction of sp³-hybridized carbons (Fsp3) is 0.421. The van der Waals surface area contributed by atoms with Crippen LogP contribution in [-0.2, 0) is 6.54 Å². The van der Waals surface area contributed by atoms with Crippen LogP contribution in [0.25, 0.3) is 0 Å². The molecule has 1 aliphatic rings. The zero-order valence-corrected chi connectivity index (χ0v) is 16.0. The second kappa shape index (κ2) is 8.47.